The van der Waals surface area contributed by atoms with Crippen LogP contribution in [-0.4, -0.2) is 0 Å². The summed E-state index contributed by atoms with van der Waals surface area (Å²) in [6.07, 6.45) is 0. The van der Waals surface area contributed by atoms with Crippen molar-refractivity contribution in [2.75, 3.05) is 4.90 Å². The molecule has 0 saturated carbocycles. The topological polar surface area (TPSA) is 16.4 Å². The molecule has 2 heteroatoms. The van der Waals surface area contributed by atoms with E-state index in [0.717, 1.165) is 44.6 Å². The summed E-state index contributed by atoms with van der Waals surface area (Å²) in [7, 11) is 0. The second kappa shape index (κ2) is 13.4. The Balaban J connectivity index is 1.13. The van der Waals surface area contributed by atoms with Crippen LogP contribution in [0.2, 0.25) is 0 Å². The van der Waals surface area contributed by atoms with Crippen molar-refractivity contribution in [2.45, 2.75) is 0 Å². The van der Waals surface area contributed by atoms with Crippen molar-refractivity contribution in [3.8, 4) is 44.5 Å². The summed E-state index contributed by atoms with van der Waals surface area (Å²) in [5, 5.41) is 4.62. The third-order valence-corrected chi connectivity index (χ3v) is 10.5. The predicted molar refractivity (Wildman–Crippen MR) is 228 cm³/mol. The molecule has 2 nitrogen and oxygen atoms in total. The van der Waals surface area contributed by atoms with Gasteiger partial charge in [0.1, 0.15) is 11.2 Å². The molecule has 0 atom stereocenters. The van der Waals surface area contributed by atoms with Crippen molar-refractivity contribution in [3.05, 3.63) is 212 Å². The lowest BCUT2D eigenvalue weighted by Crippen LogP contribution is -2.11. The first-order valence-corrected chi connectivity index (χ1v) is 18.4. The molecule has 0 aliphatic carbocycles. The first-order valence-electron chi connectivity index (χ1n) is 18.4. The molecule has 0 unspecified atom stereocenters. The summed E-state index contributed by atoms with van der Waals surface area (Å²) in [6.45, 7) is 0. The van der Waals surface area contributed by atoms with E-state index < -0.39 is 0 Å². The standard InChI is InChI=1S/C52H35NO/c1-4-14-36(15-5-1)37-24-26-38(27-25-37)39-28-30-42(31-29-39)53(49-23-13-12-20-44(49)40-16-6-2-7-17-40)43-32-33-50-48(34-43)52-46-22-11-10-21-45(46)47(35-51(52)54-50)41-18-8-3-9-19-41/h1-35H. The molecule has 0 aliphatic heterocycles. The van der Waals surface area contributed by atoms with Crippen LogP contribution in [0, 0.1) is 0 Å². The van der Waals surface area contributed by atoms with E-state index >= 15 is 0 Å². The van der Waals surface area contributed by atoms with Crippen LogP contribution in [0.15, 0.2) is 217 Å². The Morgan fingerprint density at radius 2 is 0.778 bits per heavy atom. The molecule has 9 aromatic carbocycles. The molecule has 254 valence electrons. The number of nitrogens with zero attached hydrogens (tertiary/aromatic N) is 1. The summed E-state index contributed by atoms with van der Waals surface area (Å²) in [5.74, 6) is 0. The van der Waals surface area contributed by atoms with Gasteiger partial charge in [0.15, 0.2) is 0 Å². The van der Waals surface area contributed by atoms with E-state index in [2.05, 4.69) is 217 Å². The second-order valence-corrected chi connectivity index (χ2v) is 13.7. The van der Waals surface area contributed by atoms with Gasteiger partial charge in [0.25, 0.3) is 0 Å². The van der Waals surface area contributed by atoms with Crippen molar-refractivity contribution in [3.63, 3.8) is 0 Å². The number of hydrogen-bond acceptors (Lipinski definition) is 2. The molecule has 1 aromatic heterocycles. The Morgan fingerprint density at radius 1 is 0.296 bits per heavy atom. The van der Waals surface area contributed by atoms with Crippen LogP contribution in [0.1, 0.15) is 0 Å². The van der Waals surface area contributed by atoms with Crippen LogP contribution in [0.4, 0.5) is 17.1 Å². The van der Waals surface area contributed by atoms with Gasteiger partial charge < -0.3 is 9.32 Å². The number of furan rings is 1. The number of para-hydroxylation sites is 1. The SMILES string of the molecule is c1ccc(-c2ccc(-c3ccc(N(c4ccc5oc6cc(-c7ccccc7)c7ccccc7c6c5c4)c4ccccc4-c4ccccc4)cc3)cc2)cc1. The van der Waals surface area contributed by atoms with Gasteiger partial charge in [0, 0.05) is 27.7 Å². The van der Waals surface area contributed by atoms with Crippen LogP contribution in [-0.2, 0) is 0 Å². The fourth-order valence-electron chi connectivity index (χ4n) is 7.87. The Bertz CT molecular complexity index is 2890. The highest BCUT2D eigenvalue weighted by Gasteiger charge is 2.20. The highest BCUT2D eigenvalue weighted by molar-refractivity contribution is 6.22. The van der Waals surface area contributed by atoms with Gasteiger partial charge >= 0.3 is 0 Å². The van der Waals surface area contributed by atoms with Crippen molar-refractivity contribution in [1.82, 2.24) is 0 Å². The van der Waals surface area contributed by atoms with Gasteiger partial charge in [-0.1, -0.05) is 170 Å². The smallest absolute Gasteiger partial charge is 0.136 e. The minimum atomic E-state index is 0.870. The van der Waals surface area contributed by atoms with E-state index in [1.54, 1.807) is 0 Å². The average molecular weight is 690 g/mol. The molecular formula is C52H35NO. The van der Waals surface area contributed by atoms with Gasteiger partial charge in [-0.2, -0.15) is 0 Å². The lowest BCUT2D eigenvalue weighted by molar-refractivity contribution is 0.669. The molecule has 10 aromatic rings. The summed E-state index contributed by atoms with van der Waals surface area (Å²) in [6, 6.07) is 75.7. The van der Waals surface area contributed by atoms with E-state index in [4.69, 9.17) is 4.42 Å². The quantitative estimate of drug-likeness (QED) is 0.166. The van der Waals surface area contributed by atoms with Gasteiger partial charge in [0.05, 0.1) is 5.69 Å². The average Bonchev–Trinajstić information content (AvgIpc) is 3.63. The minimum Gasteiger partial charge on any atom is -0.456 e. The maximum Gasteiger partial charge on any atom is 0.136 e. The normalized spacial score (nSPS) is 11.3. The van der Waals surface area contributed by atoms with Crippen molar-refractivity contribution >= 4 is 49.8 Å². The van der Waals surface area contributed by atoms with Crippen LogP contribution < -0.4 is 4.90 Å². The van der Waals surface area contributed by atoms with Crippen molar-refractivity contribution in [2.24, 2.45) is 0 Å². The first-order chi connectivity index (χ1) is 26.8. The number of rotatable bonds is 7. The number of fused-ring (bicyclic) bond motifs is 5. The van der Waals surface area contributed by atoms with E-state index in [1.807, 2.05) is 0 Å². The zero-order chi connectivity index (χ0) is 35.8. The van der Waals surface area contributed by atoms with E-state index in [9.17, 15) is 0 Å². The molecule has 0 fully saturated rings. The molecule has 0 amide bonds. The second-order valence-electron chi connectivity index (χ2n) is 13.7. The van der Waals surface area contributed by atoms with E-state index in [0.29, 0.717) is 0 Å². The van der Waals surface area contributed by atoms with E-state index in [1.165, 1.54) is 49.7 Å². The van der Waals surface area contributed by atoms with Gasteiger partial charge in [-0.05, 0) is 92.2 Å². The monoisotopic (exact) mass is 689 g/mol. The predicted octanol–water partition coefficient (Wildman–Crippen LogP) is 14.9. The third-order valence-electron chi connectivity index (χ3n) is 10.5. The zero-order valence-electron chi connectivity index (χ0n) is 29.6. The highest BCUT2D eigenvalue weighted by Crippen LogP contribution is 2.45. The Hall–Kier alpha value is -7.16. The highest BCUT2D eigenvalue weighted by atomic mass is 16.3. The molecule has 0 aliphatic rings. The van der Waals surface area contributed by atoms with E-state index in [-0.39, 0.29) is 0 Å². The Morgan fingerprint density at radius 3 is 1.43 bits per heavy atom. The van der Waals surface area contributed by atoms with Gasteiger partial charge in [-0.3, -0.25) is 0 Å². The maximum absolute atomic E-state index is 6.64. The van der Waals surface area contributed by atoms with Crippen LogP contribution >= 0.6 is 0 Å². The Kier molecular flexibility index (Phi) is 7.85. The van der Waals surface area contributed by atoms with Crippen molar-refractivity contribution < 1.29 is 4.42 Å². The molecule has 0 bridgehead atoms. The lowest BCUT2D eigenvalue weighted by atomic mass is 9.95. The summed E-state index contributed by atoms with van der Waals surface area (Å²) in [4.78, 5) is 2.38. The summed E-state index contributed by atoms with van der Waals surface area (Å²) < 4.78 is 6.64. The largest absolute Gasteiger partial charge is 0.456 e. The molecule has 1 heterocycles. The third kappa shape index (κ3) is 5.62. The first kappa shape index (κ1) is 31.6. The molecule has 0 spiro atoms. The number of hydrogen-bond donors (Lipinski definition) is 0. The van der Waals surface area contributed by atoms with Crippen LogP contribution in [0.5, 0.6) is 0 Å². The summed E-state index contributed by atoms with van der Waals surface area (Å²) in [5.41, 5.74) is 14.5. The number of anilines is 3. The lowest BCUT2D eigenvalue weighted by Gasteiger charge is -2.28. The molecule has 54 heavy (non-hydrogen) atoms. The molecule has 0 radical (unpaired) electrons. The van der Waals surface area contributed by atoms with Crippen LogP contribution in [0.3, 0.4) is 0 Å². The summed E-state index contributed by atoms with van der Waals surface area (Å²) >= 11 is 0. The molecule has 0 N–H and O–H groups in total. The zero-order valence-corrected chi connectivity index (χ0v) is 29.6. The molecule has 0 saturated heterocycles. The molecular weight excluding hydrogens is 655 g/mol. The van der Waals surface area contributed by atoms with Crippen LogP contribution in [0.25, 0.3) is 77.2 Å². The minimum absolute atomic E-state index is 0.870. The fraction of sp³-hybridized carbons (Fsp3) is 0. The van der Waals surface area contributed by atoms with Crippen molar-refractivity contribution in [1.29, 1.82) is 0 Å². The maximum atomic E-state index is 6.64. The number of benzene rings is 9. The Labute approximate surface area is 314 Å². The molecule has 10 rings (SSSR count). The van der Waals surface area contributed by atoms with Gasteiger partial charge in [0.2, 0.25) is 0 Å². The van der Waals surface area contributed by atoms with Gasteiger partial charge in [-0.15, -0.1) is 0 Å². The van der Waals surface area contributed by atoms with Gasteiger partial charge in [-0.25, -0.2) is 0 Å². The fourth-order valence-corrected chi connectivity index (χ4v) is 7.87.